The van der Waals surface area contributed by atoms with Crippen molar-refractivity contribution < 1.29 is 9.21 Å². The SMILES string of the molecule is O=C(CSc1nnc(-c2ccccc2)o1)NCCc1cccs1. The molecule has 0 aliphatic heterocycles. The Hall–Kier alpha value is -2.12. The Morgan fingerprint density at radius 2 is 2.04 bits per heavy atom. The van der Waals surface area contributed by atoms with Crippen LogP contribution in [-0.2, 0) is 11.2 Å². The van der Waals surface area contributed by atoms with E-state index in [0.29, 0.717) is 17.7 Å². The second kappa shape index (κ2) is 7.94. The van der Waals surface area contributed by atoms with Crippen LogP contribution in [0.5, 0.6) is 0 Å². The third kappa shape index (κ3) is 4.67. The van der Waals surface area contributed by atoms with Gasteiger partial charge in [-0.15, -0.1) is 21.5 Å². The highest BCUT2D eigenvalue weighted by Gasteiger charge is 2.10. The number of aromatic nitrogens is 2. The van der Waals surface area contributed by atoms with Gasteiger partial charge in [0.1, 0.15) is 0 Å². The molecule has 0 bridgehead atoms. The van der Waals surface area contributed by atoms with Gasteiger partial charge >= 0.3 is 0 Å². The third-order valence-electron chi connectivity index (χ3n) is 3.03. The van der Waals surface area contributed by atoms with E-state index in [1.807, 2.05) is 41.8 Å². The number of nitrogens with zero attached hydrogens (tertiary/aromatic N) is 2. The van der Waals surface area contributed by atoms with Gasteiger partial charge in [-0.2, -0.15) is 0 Å². The molecule has 1 aromatic carbocycles. The zero-order valence-electron chi connectivity index (χ0n) is 12.3. The lowest BCUT2D eigenvalue weighted by molar-refractivity contribution is -0.118. The number of hydrogen-bond acceptors (Lipinski definition) is 6. The summed E-state index contributed by atoms with van der Waals surface area (Å²) in [4.78, 5) is 13.1. The van der Waals surface area contributed by atoms with Crippen molar-refractivity contribution in [3.63, 3.8) is 0 Å². The van der Waals surface area contributed by atoms with E-state index in [4.69, 9.17) is 4.42 Å². The maximum atomic E-state index is 11.8. The van der Waals surface area contributed by atoms with Gasteiger partial charge in [-0.1, -0.05) is 36.0 Å². The molecule has 0 spiro atoms. The summed E-state index contributed by atoms with van der Waals surface area (Å²) in [5.41, 5.74) is 0.868. The number of amides is 1. The maximum absolute atomic E-state index is 11.8. The molecule has 1 N–H and O–H groups in total. The zero-order valence-corrected chi connectivity index (χ0v) is 13.9. The van der Waals surface area contributed by atoms with Crippen molar-refractivity contribution in [3.05, 3.63) is 52.7 Å². The van der Waals surface area contributed by atoms with Crippen LogP contribution in [0.15, 0.2) is 57.5 Å². The van der Waals surface area contributed by atoms with Gasteiger partial charge in [0, 0.05) is 17.0 Å². The van der Waals surface area contributed by atoms with Crippen molar-refractivity contribution >= 4 is 29.0 Å². The molecule has 0 saturated carbocycles. The first-order chi connectivity index (χ1) is 11.3. The average molecular weight is 345 g/mol. The molecule has 7 heteroatoms. The molecule has 2 heterocycles. The van der Waals surface area contributed by atoms with Crippen LogP contribution in [0.2, 0.25) is 0 Å². The Bertz CT molecular complexity index is 742. The number of carbonyl (C=O) groups excluding carboxylic acids is 1. The van der Waals surface area contributed by atoms with Crippen LogP contribution in [0.1, 0.15) is 4.88 Å². The molecule has 1 amide bonds. The Labute approximate surface area is 142 Å². The van der Waals surface area contributed by atoms with E-state index >= 15 is 0 Å². The predicted octanol–water partition coefficient (Wildman–Crippen LogP) is 3.25. The summed E-state index contributed by atoms with van der Waals surface area (Å²) in [5, 5.41) is 13.3. The molecule has 2 aromatic heterocycles. The maximum Gasteiger partial charge on any atom is 0.277 e. The van der Waals surface area contributed by atoms with Gasteiger partial charge in [-0.25, -0.2) is 0 Å². The summed E-state index contributed by atoms with van der Waals surface area (Å²) in [6.45, 7) is 0.638. The summed E-state index contributed by atoms with van der Waals surface area (Å²) in [6, 6.07) is 13.6. The monoisotopic (exact) mass is 345 g/mol. The van der Waals surface area contributed by atoms with Gasteiger partial charge in [0.05, 0.1) is 5.75 Å². The lowest BCUT2D eigenvalue weighted by Gasteiger charge is -2.02. The molecule has 3 rings (SSSR count). The van der Waals surface area contributed by atoms with Crippen molar-refractivity contribution in [3.8, 4) is 11.5 Å². The second-order valence-corrected chi connectivity index (χ2v) is 6.67. The molecule has 0 fully saturated rings. The highest BCUT2D eigenvalue weighted by Crippen LogP contribution is 2.22. The summed E-state index contributed by atoms with van der Waals surface area (Å²) in [6.07, 6.45) is 0.854. The minimum atomic E-state index is -0.0361. The van der Waals surface area contributed by atoms with Crippen molar-refractivity contribution in [1.82, 2.24) is 15.5 Å². The molecular weight excluding hydrogens is 330 g/mol. The van der Waals surface area contributed by atoms with Gasteiger partial charge < -0.3 is 9.73 Å². The van der Waals surface area contributed by atoms with Crippen molar-refractivity contribution in [2.24, 2.45) is 0 Å². The van der Waals surface area contributed by atoms with Gasteiger partial charge in [-0.3, -0.25) is 4.79 Å². The van der Waals surface area contributed by atoms with E-state index < -0.39 is 0 Å². The van der Waals surface area contributed by atoms with Crippen molar-refractivity contribution in [2.45, 2.75) is 11.6 Å². The second-order valence-electron chi connectivity index (χ2n) is 4.71. The fourth-order valence-corrected chi connectivity index (χ4v) is 3.23. The van der Waals surface area contributed by atoms with Crippen molar-refractivity contribution in [1.29, 1.82) is 0 Å². The van der Waals surface area contributed by atoms with E-state index in [2.05, 4.69) is 21.6 Å². The van der Waals surface area contributed by atoms with Gasteiger partial charge in [0.15, 0.2) is 0 Å². The van der Waals surface area contributed by atoms with E-state index in [1.54, 1.807) is 11.3 Å². The van der Waals surface area contributed by atoms with E-state index in [0.717, 1.165) is 12.0 Å². The summed E-state index contributed by atoms with van der Waals surface area (Å²) in [5.74, 6) is 0.693. The number of benzene rings is 1. The van der Waals surface area contributed by atoms with E-state index in [9.17, 15) is 4.79 Å². The van der Waals surface area contributed by atoms with E-state index in [1.165, 1.54) is 16.6 Å². The van der Waals surface area contributed by atoms with Crippen LogP contribution < -0.4 is 5.32 Å². The van der Waals surface area contributed by atoms with Crippen LogP contribution >= 0.6 is 23.1 Å². The number of thiophene rings is 1. The first-order valence-electron chi connectivity index (χ1n) is 7.12. The molecule has 0 radical (unpaired) electrons. The smallest absolute Gasteiger partial charge is 0.277 e. The van der Waals surface area contributed by atoms with Gasteiger partial charge in [0.2, 0.25) is 11.8 Å². The number of carbonyl (C=O) groups is 1. The minimum Gasteiger partial charge on any atom is -0.411 e. The Morgan fingerprint density at radius 3 is 2.83 bits per heavy atom. The normalized spacial score (nSPS) is 10.6. The first-order valence-corrected chi connectivity index (χ1v) is 8.98. The number of nitrogens with one attached hydrogen (secondary N) is 1. The first kappa shape index (κ1) is 15.8. The topological polar surface area (TPSA) is 68.0 Å². The zero-order chi connectivity index (χ0) is 15.9. The largest absolute Gasteiger partial charge is 0.411 e. The molecule has 0 aliphatic rings. The van der Waals surface area contributed by atoms with Crippen LogP contribution in [0.25, 0.3) is 11.5 Å². The average Bonchev–Trinajstić information content (AvgIpc) is 3.25. The molecule has 0 unspecified atom stereocenters. The van der Waals surface area contributed by atoms with Crippen molar-refractivity contribution in [2.75, 3.05) is 12.3 Å². The van der Waals surface area contributed by atoms with Crippen LogP contribution in [-0.4, -0.2) is 28.4 Å². The molecule has 3 aromatic rings. The predicted molar refractivity (Wildman–Crippen MR) is 91.5 cm³/mol. The molecule has 5 nitrogen and oxygen atoms in total. The Kier molecular flexibility index (Phi) is 5.44. The standard InChI is InChI=1S/C16H15N3O2S2/c20-14(17-9-8-13-7-4-10-22-13)11-23-16-19-18-15(21-16)12-5-2-1-3-6-12/h1-7,10H,8-9,11H2,(H,17,20). The van der Waals surface area contributed by atoms with Gasteiger partial charge in [0.25, 0.3) is 5.22 Å². The van der Waals surface area contributed by atoms with Crippen LogP contribution in [0.3, 0.4) is 0 Å². The minimum absolute atomic E-state index is 0.0361. The molecule has 118 valence electrons. The van der Waals surface area contributed by atoms with Crippen LogP contribution in [0.4, 0.5) is 0 Å². The molecule has 23 heavy (non-hydrogen) atoms. The Balaban J connectivity index is 1.43. The fraction of sp³-hybridized carbons (Fsp3) is 0.188. The lowest BCUT2D eigenvalue weighted by Crippen LogP contribution is -2.27. The Morgan fingerprint density at radius 1 is 1.17 bits per heavy atom. The summed E-state index contributed by atoms with van der Waals surface area (Å²) in [7, 11) is 0. The highest BCUT2D eigenvalue weighted by atomic mass is 32.2. The molecule has 0 atom stereocenters. The fourth-order valence-electron chi connectivity index (χ4n) is 1.92. The molecule has 0 saturated heterocycles. The summed E-state index contributed by atoms with van der Waals surface area (Å²) >= 11 is 2.94. The number of rotatable bonds is 7. The van der Waals surface area contributed by atoms with Gasteiger partial charge in [-0.05, 0) is 30.0 Å². The highest BCUT2D eigenvalue weighted by molar-refractivity contribution is 7.99. The van der Waals surface area contributed by atoms with Crippen LogP contribution in [0, 0.1) is 0 Å². The summed E-state index contributed by atoms with van der Waals surface area (Å²) < 4.78 is 5.55. The molecular formula is C16H15N3O2S2. The lowest BCUT2D eigenvalue weighted by atomic mass is 10.2. The third-order valence-corrected chi connectivity index (χ3v) is 4.78. The number of hydrogen-bond donors (Lipinski definition) is 1. The number of thioether (sulfide) groups is 1. The molecule has 0 aliphatic carbocycles. The van der Waals surface area contributed by atoms with E-state index in [-0.39, 0.29) is 11.7 Å². The quantitative estimate of drug-likeness (QED) is 0.666.